The molecule has 224 valence electrons. The van der Waals surface area contributed by atoms with Gasteiger partial charge in [0.1, 0.15) is 0 Å². The first kappa shape index (κ1) is 33.5. The Kier molecular flexibility index (Phi) is 12.4. The van der Waals surface area contributed by atoms with Gasteiger partial charge in [-0.05, 0) is 0 Å². The molecule has 0 N–H and O–H groups in total. The molecule has 0 aliphatic rings. The molecule has 0 aromatic heterocycles. The Hall–Kier alpha value is -4.36. The Labute approximate surface area is 274 Å². The number of hydrogen-bond donors (Lipinski definition) is 0. The second kappa shape index (κ2) is 16.6. The van der Waals surface area contributed by atoms with E-state index >= 15 is 0 Å². The first-order valence-corrected chi connectivity index (χ1v) is 25.4. The average molecular weight is 736 g/mol. The molecule has 4 aromatic carbocycles. The van der Waals surface area contributed by atoms with Gasteiger partial charge < -0.3 is 0 Å². The number of benzene rings is 4. The van der Waals surface area contributed by atoms with Crippen LogP contribution in [0.3, 0.4) is 0 Å². The van der Waals surface area contributed by atoms with E-state index in [4.69, 9.17) is 0 Å². The third kappa shape index (κ3) is 9.32. The summed E-state index contributed by atoms with van der Waals surface area (Å²) in [6.07, 6.45) is 3.27. The molecule has 4 rings (SSSR count). The molecule has 45 heavy (non-hydrogen) atoms. The second-order valence-corrected chi connectivity index (χ2v) is 31.5. The van der Waals surface area contributed by atoms with Crippen molar-refractivity contribution in [1.82, 2.24) is 0 Å². The predicted octanol–water partition coefficient (Wildman–Crippen LogP) is 5.75. The molecule has 4 aromatic rings. The van der Waals surface area contributed by atoms with Gasteiger partial charge in [0.15, 0.2) is 0 Å². The van der Waals surface area contributed by atoms with Crippen LogP contribution in [0.15, 0.2) is 130 Å². The van der Waals surface area contributed by atoms with Crippen molar-refractivity contribution >= 4 is 74.6 Å². The number of anilines is 2. The zero-order valence-electron chi connectivity index (χ0n) is 25.4. The van der Waals surface area contributed by atoms with E-state index in [1.54, 1.807) is 12.4 Å². The molecule has 0 bridgehead atoms. The molecule has 8 nitrogen and oxygen atoms in total. The summed E-state index contributed by atoms with van der Waals surface area (Å²) >= 11 is -4.09. The molecule has 0 heterocycles. The van der Waals surface area contributed by atoms with Crippen LogP contribution >= 0.6 is 17.9 Å². The fourth-order valence-electron chi connectivity index (χ4n) is 4.15. The minimum absolute atomic E-state index is 0.217. The summed E-state index contributed by atoms with van der Waals surface area (Å²) < 4.78 is 2.12. The van der Waals surface area contributed by atoms with Gasteiger partial charge in [-0.1, -0.05) is 0 Å². The van der Waals surface area contributed by atoms with Crippen molar-refractivity contribution in [1.29, 1.82) is 10.5 Å². The molecule has 11 heteroatoms. The van der Waals surface area contributed by atoms with Crippen LogP contribution in [0.2, 0.25) is 0 Å². The zero-order valence-corrected chi connectivity index (χ0v) is 29.9. The standard InChI is InChI=1S/2C11H12N4S.2C6H5.Sn/c2*1-15(2)10-5-3-9(4-6-10)8-13-14-11(16)7-12;2*1-2-4-6-5-3-1;/h2*3-6,8H,1-2H3,(H,14,16);2*1-5H;/q;;;;+2/p-2. The molecule has 0 atom stereocenters. The average Bonchev–Trinajstić information content (AvgIpc) is 3.08. The molecule has 0 aliphatic heterocycles. The number of nitrogens with zero attached hydrogens (tertiary/aromatic N) is 8. The quantitative estimate of drug-likeness (QED) is 0.0890. The van der Waals surface area contributed by atoms with E-state index in [9.17, 15) is 10.5 Å². The van der Waals surface area contributed by atoms with E-state index in [0.717, 1.165) is 29.7 Å². The van der Waals surface area contributed by atoms with Crippen molar-refractivity contribution in [2.45, 2.75) is 0 Å². The van der Waals surface area contributed by atoms with Gasteiger partial charge in [-0.2, -0.15) is 0 Å². The normalized spacial score (nSPS) is 12.2. The molecule has 0 amide bonds. The molecule has 0 aliphatic carbocycles. The van der Waals surface area contributed by atoms with Crippen molar-refractivity contribution < 1.29 is 0 Å². The number of hydrogen-bond acceptors (Lipinski definition) is 10. The van der Waals surface area contributed by atoms with E-state index in [0.29, 0.717) is 0 Å². The Morgan fingerprint density at radius 3 is 1.24 bits per heavy atom. The van der Waals surface area contributed by atoms with E-state index in [1.807, 2.05) is 123 Å². The van der Waals surface area contributed by atoms with Crippen molar-refractivity contribution in [3.8, 4) is 12.1 Å². The van der Waals surface area contributed by atoms with Crippen LogP contribution in [-0.4, -0.2) is 66.3 Å². The maximum atomic E-state index is 10.2. The first-order chi connectivity index (χ1) is 21.8. The molecule has 0 unspecified atom stereocenters. The third-order valence-electron chi connectivity index (χ3n) is 6.51. The molecular weight excluding hydrogens is 703 g/mol. The maximum absolute atomic E-state index is 10.2. The van der Waals surface area contributed by atoms with Gasteiger partial charge in [-0.3, -0.25) is 0 Å². The monoisotopic (exact) mass is 736 g/mol. The van der Waals surface area contributed by atoms with Gasteiger partial charge in [0.05, 0.1) is 0 Å². The molecule has 0 saturated carbocycles. The molecule has 0 spiro atoms. The van der Waals surface area contributed by atoms with Crippen LogP contribution in [0.1, 0.15) is 11.1 Å². The Morgan fingerprint density at radius 1 is 0.578 bits per heavy atom. The Bertz CT molecular complexity index is 1620. The molecule has 0 radical (unpaired) electrons. The van der Waals surface area contributed by atoms with Crippen LogP contribution in [0.5, 0.6) is 0 Å². The molecule has 0 saturated heterocycles. The van der Waals surface area contributed by atoms with Crippen LogP contribution in [0.25, 0.3) is 0 Å². The van der Waals surface area contributed by atoms with Crippen LogP contribution in [0, 0.1) is 22.7 Å². The summed E-state index contributed by atoms with van der Waals surface area (Å²) in [5.74, 6) is 0. The van der Waals surface area contributed by atoms with Gasteiger partial charge >= 0.3 is 276 Å². The SMILES string of the molecule is CN(C)c1ccc(C=NN=C(C#N)[S][Sn]([S]C(C#N)=NN=Cc2ccc(N(C)C)cc2)([c]2ccccc2)[c]2ccccc2)cc1. The van der Waals surface area contributed by atoms with Crippen LogP contribution in [0.4, 0.5) is 11.4 Å². The number of nitriles is 2. The fourth-order valence-corrected chi connectivity index (χ4v) is 28.2. The second-order valence-electron chi connectivity index (χ2n) is 10.0. The third-order valence-corrected chi connectivity index (χ3v) is 32.0. The Balaban J connectivity index is 1.71. The van der Waals surface area contributed by atoms with Gasteiger partial charge in [-0.15, -0.1) is 0 Å². The summed E-state index contributed by atoms with van der Waals surface area (Å²) in [6, 6.07) is 40.3. The summed E-state index contributed by atoms with van der Waals surface area (Å²) in [4.78, 5) is 4.04. The van der Waals surface area contributed by atoms with Crippen molar-refractivity contribution in [3.63, 3.8) is 0 Å². The van der Waals surface area contributed by atoms with Gasteiger partial charge in [0.2, 0.25) is 0 Å². The van der Waals surface area contributed by atoms with E-state index in [-0.39, 0.29) is 10.1 Å². The van der Waals surface area contributed by atoms with Gasteiger partial charge in [0, 0.05) is 0 Å². The molecule has 0 fully saturated rings. The van der Waals surface area contributed by atoms with Crippen LogP contribution in [-0.2, 0) is 0 Å². The zero-order chi connectivity index (χ0) is 32.1. The Morgan fingerprint density at radius 2 is 0.933 bits per heavy atom. The van der Waals surface area contributed by atoms with Crippen molar-refractivity contribution in [3.05, 3.63) is 120 Å². The van der Waals surface area contributed by atoms with E-state index in [1.165, 1.54) is 17.9 Å². The fraction of sp³-hybridized carbons (Fsp3) is 0.118. The first-order valence-electron chi connectivity index (χ1n) is 13.9. The van der Waals surface area contributed by atoms with E-state index in [2.05, 4.69) is 56.8 Å². The van der Waals surface area contributed by atoms with Crippen molar-refractivity contribution in [2.75, 3.05) is 38.0 Å². The summed E-state index contributed by atoms with van der Waals surface area (Å²) in [5, 5.41) is 38.1. The van der Waals surface area contributed by atoms with Gasteiger partial charge in [-0.25, -0.2) is 0 Å². The minimum atomic E-state index is -4.09. The topological polar surface area (TPSA) is 103 Å². The van der Waals surface area contributed by atoms with Gasteiger partial charge in [0.25, 0.3) is 0 Å². The molecular formula is C34H32N8S2Sn. The van der Waals surface area contributed by atoms with Crippen molar-refractivity contribution in [2.24, 2.45) is 20.4 Å². The number of rotatable bonds is 10. The summed E-state index contributed by atoms with van der Waals surface area (Å²) in [6.45, 7) is 0. The van der Waals surface area contributed by atoms with E-state index < -0.39 is 15.6 Å². The predicted molar refractivity (Wildman–Crippen MR) is 196 cm³/mol. The van der Waals surface area contributed by atoms with Crippen LogP contribution < -0.4 is 17.0 Å². The summed E-state index contributed by atoms with van der Waals surface area (Å²) in [5.41, 5.74) is 3.89. The summed E-state index contributed by atoms with van der Waals surface area (Å²) in [7, 11) is 10.8.